The zero-order valence-corrected chi connectivity index (χ0v) is 12.3. The number of hydrogen-bond donors (Lipinski definition) is 2. The Balaban J connectivity index is 2.12. The molecule has 7 nitrogen and oxygen atoms in total. The fourth-order valence-electron chi connectivity index (χ4n) is 2.12. The molecule has 7 heteroatoms. The average Bonchev–Trinajstić information content (AvgIpc) is 2.77. The third-order valence-electron chi connectivity index (χ3n) is 3.22. The van der Waals surface area contributed by atoms with Crippen LogP contribution in [0.2, 0.25) is 0 Å². The molecule has 0 bridgehead atoms. The van der Waals surface area contributed by atoms with Gasteiger partial charge < -0.3 is 10.4 Å². The summed E-state index contributed by atoms with van der Waals surface area (Å²) in [6.45, 7) is 5.75. The quantitative estimate of drug-likeness (QED) is 0.862. The highest BCUT2D eigenvalue weighted by atomic mass is 16.4. The molecule has 2 rings (SSSR count). The molecule has 0 aromatic carbocycles. The van der Waals surface area contributed by atoms with Gasteiger partial charge in [0.15, 0.2) is 5.65 Å². The van der Waals surface area contributed by atoms with Gasteiger partial charge in [-0.15, -0.1) is 0 Å². The molecule has 1 amide bonds. The number of hydrogen-bond acceptors (Lipinski definition) is 4. The summed E-state index contributed by atoms with van der Waals surface area (Å²) in [7, 11) is 0. The summed E-state index contributed by atoms with van der Waals surface area (Å²) >= 11 is 0. The Kier molecular flexibility index (Phi) is 4.21. The highest BCUT2D eigenvalue weighted by Gasteiger charge is 2.15. The van der Waals surface area contributed by atoms with Crippen LogP contribution in [-0.4, -0.2) is 38.1 Å². The van der Waals surface area contributed by atoms with E-state index in [1.165, 1.54) is 6.20 Å². The number of nitrogens with one attached hydrogen (secondary N) is 1. The van der Waals surface area contributed by atoms with Crippen LogP contribution in [0.1, 0.15) is 35.1 Å². The normalized spacial score (nSPS) is 12.3. The van der Waals surface area contributed by atoms with E-state index >= 15 is 0 Å². The summed E-state index contributed by atoms with van der Waals surface area (Å²) in [4.78, 5) is 27.0. The minimum absolute atomic E-state index is 0.0227. The summed E-state index contributed by atoms with van der Waals surface area (Å²) in [5.41, 5.74) is 2.67. The van der Waals surface area contributed by atoms with Gasteiger partial charge in [0, 0.05) is 25.2 Å². The molecule has 0 spiro atoms. The lowest BCUT2D eigenvalue weighted by Crippen LogP contribution is -2.30. The minimum atomic E-state index is -0.872. The Morgan fingerprint density at radius 1 is 1.43 bits per heavy atom. The first-order valence-electron chi connectivity index (χ1n) is 6.70. The highest BCUT2D eigenvalue weighted by molar-refractivity contribution is 5.95. The Morgan fingerprint density at radius 3 is 2.81 bits per heavy atom. The fourth-order valence-corrected chi connectivity index (χ4v) is 2.12. The molecule has 0 aliphatic rings. The van der Waals surface area contributed by atoms with E-state index in [2.05, 4.69) is 15.4 Å². The van der Waals surface area contributed by atoms with Crippen molar-refractivity contribution in [2.24, 2.45) is 5.92 Å². The van der Waals surface area contributed by atoms with Crippen LogP contribution in [0.5, 0.6) is 0 Å². The Hall–Kier alpha value is -2.44. The number of nitrogens with zero attached hydrogens (tertiary/aromatic N) is 3. The van der Waals surface area contributed by atoms with Crippen molar-refractivity contribution in [2.45, 2.75) is 27.2 Å². The second-order valence-electron chi connectivity index (χ2n) is 5.23. The summed E-state index contributed by atoms with van der Waals surface area (Å²) in [5, 5.41) is 15.7. The van der Waals surface area contributed by atoms with E-state index in [0.29, 0.717) is 23.4 Å². The molecule has 0 saturated heterocycles. The molecular weight excluding hydrogens is 272 g/mol. The predicted molar refractivity (Wildman–Crippen MR) is 76.2 cm³/mol. The van der Waals surface area contributed by atoms with Crippen LogP contribution in [-0.2, 0) is 4.79 Å². The van der Waals surface area contributed by atoms with Crippen LogP contribution in [0.4, 0.5) is 0 Å². The number of carbonyl (C=O) groups excluding carboxylic acids is 1. The predicted octanol–water partition coefficient (Wildman–Crippen LogP) is 1.19. The largest absolute Gasteiger partial charge is 0.481 e. The second-order valence-corrected chi connectivity index (χ2v) is 5.23. The number of amides is 1. The van der Waals surface area contributed by atoms with E-state index in [1.807, 2.05) is 13.0 Å². The zero-order chi connectivity index (χ0) is 15.6. The van der Waals surface area contributed by atoms with Gasteiger partial charge in [0.25, 0.3) is 5.91 Å². The van der Waals surface area contributed by atoms with Crippen LogP contribution in [0.15, 0.2) is 12.3 Å². The lowest BCUT2D eigenvalue weighted by atomic mass is 10.1. The van der Waals surface area contributed by atoms with Crippen molar-refractivity contribution in [3.63, 3.8) is 0 Å². The molecule has 0 radical (unpaired) electrons. The van der Waals surface area contributed by atoms with Crippen molar-refractivity contribution in [3.05, 3.63) is 29.2 Å². The molecule has 0 aliphatic carbocycles. The molecule has 0 aliphatic heterocycles. The van der Waals surface area contributed by atoms with Crippen LogP contribution in [0, 0.1) is 19.8 Å². The number of carbonyl (C=O) groups is 2. The summed E-state index contributed by atoms with van der Waals surface area (Å²) in [5.74, 6) is -1.27. The van der Waals surface area contributed by atoms with E-state index in [9.17, 15) is 9.59 Å². The van der Waals surface area contributed by atoms with E-state index in [4.69, 9.17) is 5.11 Å². The van der Waals surface area contributed by atoms with Gasteiger partial charge in [-0.05, 0) is 19.8 Å². The lowest BCUT2D eigenvalue weighted by molar-refractivity contribution is -0.137. The first kappa shape index (κ1) is 15.0. The number of carboxylic acids is 1. The van der Waals surface area contributed by atoms with Gasteiger partial charge in [-0.1, -0.05) is 6.92 Å². The van der Waals surface area contributed by atoms with Gasteiger partial charge in [-0.2, -0.15) is 5.10 Å². The van der Waals surface area contributed by atoms with Crippen molar-refractivity contribution < 1.29 is 14.7 Å². The molecule has 21 heavy (non-hydrogen) atoms. The molecule has 2 heterocycles. The number of carboxylic acid groups (broad SMARTS) is 1. The average molecular weight is 290 g/mol. The maximum Gasteiger partial charge on any atom is 0.303 e. The monoisotopic (exact) mass is 290 g/mol. The topological polar surface area (TPSA) is 96.6 Å². The van der Waals surface area contributed by atoms with E-state index in [-0.39, 0.29) is 18.2 Å². The maximum atomic E-state index is 12.2. The van der Waals surface area contributed by atoms with E-state index < -0.39 is 5.97 Å². The lowest BCUT2D eigenvalue weighted by Gasteiger charge is -2.11. The third-order valence-corrected chi connectivity index (χ3v) is 3.22. The first-order valence-corrected chi connectivity index (χ1v) is 6.70. The summed E-state index contributed by atoms with van der Waals surface area (Å²) < 4.78 is 1.63. The second kappa shape index (κ2) is 5.90. The third kappa shape index (κ3) is 3.36. The van der Waals surface area contributed by atoms with Crippen molar-refractivity contribution in [3.8, 4) is 0 Å². The maximum absolute atomic E-state index is 12.2. The zero-order valence-electron chi connectivity index (χ0n) is 12.3. The molecule has 112 valence electrons. The SMILES string of the molecule is Cc1cc2ncc(C(=O)NCC(C)CC(=O)O)c(C)n2n1. The van der Waals surface area contributed by atoms with Crippen LogP contribution >= 0.6 is 0 Å². The smallest absolute Gasteiger partial charge is 0.303 e. The molecule has 1 atom stereocenters. The fraction of sp³-hybridized carbons (Fsp3) is 0.429. The van der Waals surface area contributed by atoms with E-state index in [1.54, 1.807) is 18.4 Å². The number of rotatable bonds is 5. The molecule has 1 unspecified atom stereocenters. The van der Waals surface area contributed by atoms with Crippen LogP contribution < -0.4 is 5.32 Å². The van der Waals surface area contributed by atoms with Gasteiger partial charge in [-0.3, -0.25) is 9.59 Å². The summed E-state index contributed by atoms with van der Waals surface area (Å²) in [6, 6.07) is 1.84. The Morgan fingerprint density at radius 2 is 2.14 bits per heavy atom. The van der Waals surface area contributed by atoms with Gasteiger partial charge in [0.05, 0.1) is 17.0 Å². The van der Waals surface area contributed by atoms with Crippen molar-refractivity contribution in [1.29, 1.82) is 0 Å². The minimum Gasteiger partial charge on any atom is -0.481 e. The molecule has 2 aromatic heterocycles. The molecular formula is C14H18N4O3. The molecule has 0 fully saturated rings. The highest BCUT2D eigenvalue weighted by Crippen LogP contribution is 2.11. The van der Waals surface area contributed by atoms with Gasteiger partial charge in [-0.25, -0.2) is 9.50 Å². The van der Waals surface area contributed by atoms with Crippen LogP contribution in [0.3, 0.4) is 0 Å². The summed E-state index contributed by atoms with van der Waals surface area (Å²) in [6.07, 6.45) is 1.54. The van der Waals surface area contributed by atoms with Crippen LogP contribution in [0.25, 0.3) is 5.65 Å². The Labute approximate surface area is 122 Å². The standard InChI is InChI=1S/C14H18N4O3/c1-8(4-13(19)20)6-16-14(21)11-7-15-12-5-9(2)17-18(12)10(11)3/h5,7-8H,4,6H2,1-3H3,(H,16,21)(H,19,20). The van der Waals surface area contributed by atoms with Gasteiger partial charge in [0.1, 0.15) is 0 Å². The number of fused-ring (bicyclic) bond motifs is 1. The van der Waals surface area contributed by atoms with Gasteiger partial charge in [0.2, 0.25) is 0 Å². The molecule has 0 saturated carbocycles. The van der Waals surface area contributed by atoms with E-state index in [0.717, 1.165) is 5.69 Å². The van der Waals surface area contributed by atoms with Crippen molar-refractivity contribution >= 4 is 17.5 Å². The van der Waals surface area contributed by atoms with Crippen molar-refractivity contribution in [2.75, 3.05) is 6.54 Å². The first-order chi connectivity index (χ1) is 9.88. The number of aryl methyl sites for hydroxylation is 2. The number of aromatic nitrogens is 3. The molecule has 2 N–H and O–H groups in total. The Bertz CT molecular complexity index is 693. The molecule has 2 aromatic rings. The number of aliphatic carboxylic acids is 1. The van der Waals surface area contributed by atoms with Crippen molar-refractivity contribution in [1.82, 2.24) is 19.9 Å². The van der Waals surface area contributed by atoms with Gasteiger partial charge >= 0.3 is 5.97 Å².